The Bertz CT molecular complexity index is 1070. The van der Waals surface area contributed by atoms with E-state index in [4.69, 9.17) is 0 Å². The number of aromatic nitrogens is 2. The van der Waals surface area contributed by atoms with Gasteiger partial charge < -0.3 is 5.32 Å². The maximum atomic E-state index is 13.4. The molecule has 15 heteroatoms. The normalized spacial score (nSPS) is 13.1. The Morgan fingerprint density at radius 1 is 0.935 bits per heavy atom. The molecule has 0 fully saturated rings. The van der Waals surface area contributed by atoms with Crippen LogP contribution in [0.15, 0.2) is 35.2 Å². The summed E-state index contributed by atoms with van der Waals surface area (Å²) in [6.45, 7) is 3.10. The third-order valence-corrected chi connectivity index (χ3v) is 5.03. The van der Waals surface area contributed by atoms with Crippen molar-refractivity contribution in [2.75, 3.05) is 10.0 Å². The molecule has 2 N–H and O–H groups in total. The molecule has 31 heavy (non-hydrogen) atoms. The highest BCUT2D eigenvalue weighted by Gasteiger charge is 2.76. The SMILES string of the molecule is Cc1cc(NS(=O)(=O)c2ccc(NC(=O)C(F)(F)C(F)(F)C(F)(F)F)cc2)nc(C)n1. The summed E-state index contributed by atoms with van der Waals surface area (Å²) in [7, 11) is -4.23. The van der Waals surface area contributed by atoms with Crippen molar-refractivity contribution in [3.8, 4) is 0 Å². The predicted molar refractivity (Wildman–Crippen MR) is 93.3 cm³/mol. The first-order valence-corrected chi connectivity index (χ1v) is 9.54. The smallest absolute Gasteiger partial charge is 0.321 e. The van der Waals surface area contributed by atoms with E-state index in [0.29, 0.717) is 5.69 Å². The van der Waals surface area contributed by atoms with Crippen molar-refractivity contribution in [2.45, 2.75) is 36.8 Å². The molecule has 0 aliphatic carbocycles. The van der Waals surface area contributed by atoms with Crippen LogP contribution in [-0.2, 0) is 14.8 Å². The van der Waals surface area contributed by atoms with E-state index in [9.17, 15) is 43.9 Å². The first-order valence-electron chi connectivity index (χ1n) is 8.06. The number of carbonyl (C=O) groups excluding carboxylic acids is 1. The van der Waals surface area contributed by atoms with Gasteiger partial charge in [0.05, 0.1) is 4.90 Å². The fourth-order valence-corrected chi connectivity index (χ4v) is 3.21. The Morgan fingerprint density at radius 2 is 1.48 bits per heavy atom. The third-order valence-electron chi connectivity index (χ3n) is 3.66. The van der Waals surface area contributed by atoms with E-state index in [2.05, 4.69) is 14.7 Å². The Morgan fingerprint density at radius 3 is 1.97 bits per heavy atom. The molecule has 1 amide bonds. The summed E-state index contributed by atoms with van der Waals surface area (Å²) in [5.74, 6) is -15.5. The van der Waals surface area contributed by atoms with E-state index in [1.54, 1.807) is 6.92 Å². The van der Waals surface area contributed by atoms with Crippen LogP contribution in [0.2, 0.25) is 0 Å². The van der Waals surface area contributed by atoms with E-state index in [1.807, 2.05) is 0 Å². The molecule has 7 nitrogen and oxygen atoms in total. The number of halogens is 7. The van der Waals surface area contributed by atoms with Gasteiger partial charge in [-0.1, -0.05) is 0 Å². The quantitative estimate of drug-likeness (QED) is 0.623. The second kappa shape index (κ2) is 7.94. The van der Waals surface area contributed by atoms with Crippen LogP contribution in [0.1, 0.15) is 11.5 Å². The summed E-state index contributed by atoms with van der Waals surface area (Å²) in [6.07, 6.45) is -6.67. The van der Waals surface area contributed by atoms with E-state index < -0.39 is 44.5 Å². The van der Waals surface area contributed by atoms with Crippen molar-refractivity contribution < 1.29 is 43.9 Å². The van der Waals surface area contributed by atoms with Gasteiger partial charge in [-0.15, -0.1) is 0 Å². The maximum Gasteiger partial charge on any atom is 0.460 e. The second-order valence-corrected chi connectivity index (χ2v) is 7.85. The number of amides is 1. The molecule has 0 saturated carbocycles. The molecule has 0 atom stereocenters. The zero-order valence-electron chi connectivity index (χ0n) is 15.6. The first-order chi connectivity index (χ1) is 14.0. The molecule has 1 aromatic heterocycles. The van der Waals surface area contributed by atoms with Crippen molar-refractivity contribution >= 4 is 27.4 Å². The average molecular weight is 474 g/mol. The van der Waals surface area contributed by atoms with Crippen LogP contribution >= 0.6 is 0 Å². The molecule has 0 radical (unpaired) electrons. The zero-order valence-corrected chi connectivity index (χ0v) is 16.4. The van der Waals surface area contributed by atoms with Crippen LogP contribution < -0.4 is 10.0 Å². The van der Waals surface area contributed by atoms with Gasteiger partial charge in [-0.25, -0.2) is 18.4 Å². The lowest BCUT2D eigenvalue weighted by atomic mass is 10.1. The number of benzene rings is 1. The molecule has 0 saturated heterocycles. The Labute approximate surface area is 170 Å². The van der Waals surface area contributed by atoms with E-state index in [0.717, 1.165) is 24.3 Å². The number of aryl methyl sites for hydroxylation is 2. The molecule has 0 unspecified atom stereocenters. The van der Waals surface area contributed by atoms with Gasteiger partial charge in [0, 0.05) is 17.4 Å². The number of hydrogen-bond acceptors (Lipinski definition) is 5. The lowest BCUT2D eigenvalue weighted by Gasteiger charge is -2.27. The van der Waals surface area contributed by atoms with Gasteiger partial charge in [-0.3, -0.25) is 9.52 Å². The highest BCUT2D eigenvalue weighted by Crippen LogP contribution is 2.46. The number of anilines is 2. The van der Waals surface area contributed by atoms with E-state index in [-0.39, 0.29) is 11.6 Å². The Balaban J connectivity index is 2.20. The monoisotopic (exact) mass is 474 g/mol. The van der Waals surface area contributed by atoms with Crippen LogP contribution in [0.5, 0.6) is 0 Å². The van der Waals surface area contributed by atoms with Gasteiger partial charge in [0.2, 0.25) is 0 Å². The lowest BCUT2D eigenvalue weighted by molar-refractivity contribution is -0.343. The molecule has 1 heterocycles. The van der Waals surface area contributed by atoms with E-state index in [1.165, 1.54) is 18.3 Å². The minimum absolute atomic E-state index is 0.0728. The standard InChI is InChI=1S/C16H13F7N4O3S/c1-8-7-12(25-9(2)24-8)27-31(29,30)11-5-3-10(4-6-11)26-13(28)14(17,18)15(19,20)16(21,22)23/h3-7H,1-2H3,(H,26,28)(H,24,25,27). The molecule has 2 rings (SSSR count). The Kier molecular flexibility index (Phi) is 6.22. The minimum atomic E-state index is -6.67. The van der Waals surface area contributed by atoms with Gasteiger partial charge in [0.25, 0.3) is 10.0 Å². The zero-order chi connectivity index (χ0) is 23.8. The van der Waals surface area contributed by atoms with Crippen molar-refractivity contribution in [3.05, 3.63) is 41.9 Å². The van der Waals surface area contributed by atoms with Gasteiger partial charge in [-0.05, 0) is 38.1 Å². The van der Waals surface area contributed by atoms with Crippen molar-refractivity contribution in [1.29, 1.82) is 0 Å². The Hall–Kier alpha value is -2.97. The highest BCUT2D eigenvalue weighted by molar-refractivity contribution is 7.92. The molecule has 0 spiro atoms. The summed E-state index contributed by atoms with van der Waals surface area (Å²) in [5, 5.41) is 1.20. The molecule has 0 aliphatic rings. The maximum absolute atomic E-state index is 13.4. The summed E-state index contributed by atoms with van der Waals surface area (Å²) < 4.78 is 116. The van der Waals surface area contributed by atoms with Gasteiger partial charge in [0.15, 0.2) is 0 Å². The predicted octanol–water partition coefficient (Wildman–Crippen LogP) is 3.67. The van der Waals surface area contributed by atoms with Crippen LogP contribution in [-0.4, -0.2) is 42.3 Å². The summed E-state index contributed by atoms with van der Waals surface area (Å²) >= 11 is 0. The number of hydrogen-bond donors (Lipinski definition) is 2. The molecule has 1 aromatic carbocycles. The van der Waals surface area contributed by atoms with Gasteiger partial charge in [-0.2, -0.15) is 30.7 Å². The third kappa shape index (κ3) is 5.03. The second-order valence-electron chi connectivity index (χ2n) is 6.17. The van der Waals surface area contributed by atoms with Crippen LogP contribution in [0, 0.1) is 13.8 Å². The van der Waals surface area contributed by atoms with Crippen LogP contribution in [0.4, 0.5) is 42.2 Å². The van der Waals surface area contributed by atoms with Crippen molar-refractivity contribution in [2.24, 2.45) is 0 Å². The van der Waals surface area contributed by atoms with Crippen molar-refractivity contribution in [3.63, 3.8) is 0 Å². The first kappa shape index (κ1) is 24.3. The number of sulfonamides is 1. The highest BCUT2D eigenvalue weighted by atomic mass is 32.2. The topological polar surface area (TPSA) is 101 Å². The average Bonchev–Trinajstić information content (AvgIpc) is 2.59. The van der Waals surface area contributed by atoms with Crippen LogP contribution in [0.3, 0.4) is 0 Å². The number of alkyl halides is 7. The van der Waals surface area contributed by atoms with Crippen molar-refractivity contribution in [1.82, 2.24) is 9.97 Å². The molecule has 0 bridgehead atoms. The molecule has 0 aliphatic heterocycles. The molecular formula is C16H13F7N4O3S. The summed E-state index contributed by atoms with van der Waals surface area (Å²) in [6, 6.07) is 4.38. The van der Waals surface area contributed by atoms with Gasteiger partial charge >= 0.3 is 23.9 Å². The number of carbonyl (C=O) groups is 1. The van der Waals surface area contributed by atoms with Crippen LogP contribution in [0.25, 0.3) is 0 Å². The number of rotatable bonds is 6. The molecule has 2 aromatic rings. The molecular weight excluding hydrogens is 461 g/mol. The number of nitrogens with zero attached hydrogens (tertiary/aromatic N) is 2. The number of nitrogens with one attached hydrogen (secondary N) is 2. The lowest BCUT2D eigenvalue weighted by Crippen LogP contribution is -2.57. The fraction of sp³-hybridized carbons (Fsp3) is 0.312. The summed E-state index contributed by atoms with van der Waals surface area (Å²) in [4.78, 5) is 18.7. The molecule has 170 valence electrons. The largest absolute Gasteiger partial charge is 0.460 e. The van der Waals surface area contributed by atoms with E-state index >= 15 is 0 Å². The fourth-order valence-electron chi connectivity index (χ4n) is 2.21. The minimum Gasteiger partial charge on any atom is -0.321 e. The summed E-state index contributed by atoms with van der Waals surface area (Å²) in [5.41, 5.74) is -0.185. The van der Waals surface area contributed by atoms with Gasteiger partial charge in [0.1, 0.15) is 11.6 Å².